The van der Waals surface area contributed by atoms with Gasteiger partial charge in [-0.15, -0.1) is 0 Å². The van der Waals surface area contributed by atoms with Crippen LogP contribution in [0.3, 0.4) is 0 Å². The number of ether oxygens (including phenoxy) is 1. The van der Waals surface area contributed by atoms with E-state index in [0.717, 1.165) is 35.5 Å². The maximum atomic E-state index is 12.2. The van der Waals surface area contributed by atoms with Crippen LogP contribution in [0.25, 0.3) is 0 Å². The molecule has 4 nitrogen and oxygen atoms in total. The van der Waals surface area contributed by atoms with E-state index in [0.29, 0.717) is 0 Å². The molecule has 0 saturated heterocycles. The third kappa shape index (κ3) is 1.82. The molecule has 0 radical (unpaired) electrons. The molecule has 1 aromatic carbocycles. The van der Waals surface area contributed by atoms with Crippen LogP contribution in [0.15, 0.2) is 6.07 Å². The van der Waals surface area contributed by atoms with Crippen molar-refractivity contribution < 1.29 is 9.53 Å². The molecule has 1 aromatic rings. The number of nitrogens with one attached hydrogen (secondary N) is 1. The van der Waals surface area contributed by atoms with Crippen molar-refractivity contribution in [2.75, 3.05) is 26.0 Å². The highest BCUT2D eigenvalue weighted by Crippen LogP contribution is 2.49. The van der Waals surface area contributed by atoms with Crippen LogP contribution in [0.5, 0.6) is 5.75 Å². The highest BCUT2D eigenvalue weighted by atomic mass is 16.5. The average Bonchev–Trinajstić information content (AvgIpc) is 2.79. The SMILES string of the molecule is Cc1cc2c(c3c1NC(=O)C3(C)C)OC(CN(C)C)C2. The van der Waals surface area contributed by atoms with Crippen LogP contribution in [0, 0.1) is 6.92 Å². The number of aryl methyl sites for hydroxylation is 1. The van der Waals surface area contributed by atoms with E-state index in [1.54, 1.807) is 0 Å². The van der Waals surface area contributed by atoms with E-state index in [-0.39, 0.29) is 12.0 Å². The number of likely N-dealkylation sites (N-methyl/N-ethyl adjacent to an activating group) is 1. The van der Waals surface area contributed by atoms with E-state index in [4.69, 9.17) is 4.74 Å². The van der Waals surface area contributed by atoms with Gasteiger partial charge in [0.1, 0.15) is 11.9 Å². The monoisotopic (exact) mass is 274 g/mol. The van der Waals surface area contributed by atoms with E-state index in [9.17, 15) is 4.79 Å². The molecule has 2 aliphatic heterocycles. The Hall–Kier alpha value is -1.55. The lowest BCUT2D eigenvalue weighted by molar-refractivity contribution is -0.119. The molecule has 1 atom stereocenters. The summed E-state index contributed by atoms with van der Waals surface area (Å²) in [6.45, 7) is 6.89. The molecule has 2 heterocycles. The predicted molar refractivity (Wildman–Crippen MR) is 79.5 cm³/mol. The molecule has 0 saturated carbocycles. The number of amides is 1. The van der Waals surface area contributed by atoms with Crippen LogP contribution in [-0.4, -0.2) is 37.6 Å². The first-order chi connectivity index (χ1) is 9.30. The highest BCUT2D eigenvalue weighted by molar-refractivity contribution is 6.07. The van der Waals surface area contributed by atoms with Gasteiger partial charge in [-0.3, -0.25) is 4.79 Å². The zero-order chi connectivity index (χ0) is 14.7. The summed E-state index contributed by atoms with van der Waals surface area (Å²) in [6.07, 6.45) is 1.10. The second kappa shape index (κ2) is 4.22. The molecule has 0 aromatic heterocycles. The third-order valence-corrected chi connectivity index (χ3v) is 4.29. The van der Waals surface area contributed by atoms with Crippen LogP contribution in [0.4, 0.5) is 5.69 Å². The van der Waals surface area contributed by atoms with E-state index < -0.39 is 5.41 Å². The fraction of sp³-hybridized carbons (Fsp3) is 0.562. The number of carbonyl (C=O) groups excluding carboxylic acids is 1. The van der Waals surface area contributed by atoms with Gasteiger partial charge < -0.3 is 15.0 Å². The summed E-state index contributed by atoms with van der Waals surface area (Å²) in [5.41, 5.74) is 3.84. The summed E-state index contributed by atoms with van der Waals surface area (Å²) in [7, 11) is 4.11. The summed E-state index contributed by atoms with van der Waals surface area (Å²) in [5.74, 6) is 0.990. The third-order valence-electron chi connectivity index (χ3n) is 4.29. The van der Waals surface area contributed by atoms with Crippen molar-refractivity contribution in [3.8, 4) is 5.75 Å². The second-order valence-electron chi connectivity index (χ2n) is 6.72. The number of hydrogen-bond acceptors (Lipinski definition) is 3. The zero-order valence-corrected chi connectivity index (χ0v) is 12.8. The Balaban J connectivity index is 2.07. The van der Waals surface area contributed by atoms with Gasteiger partial charge in [-0.25, -0.2) is 0 Å². The molecule has 0 spiro atoms. The zero-order valence-electron chi connectivity index (χ0n) is 12.8. The molecule has 1 amide bonds. The molecule has 4 heteroatoms. The molecule has 1 N–H and O–H groups in total. The smallest absolute Gasteiger partial charge is 0.234 e. The molecule has 3 rings (SSSR count). The van der Waals surface area contributed by atoms with Crippen molar-refractivity contribution in [2.45, 2.75) is 38.7 Å². The van der Waals surface area contributed by atoms with Crippen LogP contribution in [-0.2, 0) is 16.6 Å². The number of carbonyl (C=O) groups is 1. The minimum Gasteiger partial charge on any atom is -0.488 e. The number of nitrogens with zero attached hydrogens (tertiary/aromatic N) is 1. The lowest BCUT2D eigenvalue weighted by atomic mass is 9.83. The van der Waals surface area contributed by atoms with Crippen LogP contribution in [0.2, 0.25) is 0 Å². The van der Waals surface area contributed by atoms with Gasteiger partial charge in [-0.05, 0) is 46.0 Å². The minimum atomic E-state index is -0.515. The van der Waals surface area contributed by atoms with Gasteiger partial charge in [-0.2, -0.15) is 0 Å². The van der Waals surface area contributed by atoms with Gasteiger partial charge in [-0.1, -0.05) is 6.07 Å². The van der Waals surface area contributed by atoms with Crippen molar-refractivity contribution in [1.82, 2.24) is 4.90 Å². The molecular weight excluding hydrogens is 252 g/mol. The maximum Gasteiger partial charge on any atom is 0.234 e. The quantitative estimate of drug-likeness (QED) is 0.898. The van der Waals surface area contributed by atoms with Gasteiger partial charge in [0.2, 0.25) is 5.91 Å². The van der Waals surface area contributed by atoms with E-state index in [2.05, 4.69) is 37.3 Å². The predicted octanol–water partition coefficient (Wildman–Crippen LogP) is 2.09. The van der Waals surface area contributed by atoms with Crippen molar-refractivity contribution in [1.29, 1.82) is 0 Å². The first-order valence-electron chi connectivity index (χ1n) is 7.10. The summed E-state index contributed by atoms with van der Waals surface area (Å²) in [4.78, 5) is 14.3. The fourth-order valence-corrected chi connectivity index (χ4v) is 3.26. The van der Waals surface area contributed by atoms with Gasteiger partial charge >= 0.3 is 0 Å². The number of benzene rings is 1. The Bertz CT molecular complexity index is 591. The summed E-state index contributed by atoms with van der Waals surface area (Å²) in [6, 6.07) is 2.16. The average molecular weight is 274 g/mol. The van der Waals surface area contributed by atoms with Crippen molar-refractivity contribution in [3.05, 3.63) is 22.8 Å². The minimum absolute atomic E-state index is 0.0589. The molecule has 0 fully saturated rings. The molecule has 0 aliphatic carbocycles. The Morgan fingerprint density at radius 1 is 1.45 bits per heavy atom. The Morgan fingerprint density at radius 3 is 2.80 bits per heavy atom. The first-order valence-corrected chi connectivity index (χ1v) is 7.10. The van der Waals surface area contributed by atoms with Crippen molar-refractivity contribution >= 4 is 11.6 Å². The lowest BCUT2D eigenvalue weighted by Gasteiger charge is -2.20. The van der Waals surface area contributed by atoms with Gasteiger partial charge in [0, 0.05) is 18.5 Å². The molecule has 1 unspecified atom stereocenters. The molecule has 20 heavy (non-hydrogen) atoms. The standard InChI is InChI=1S/C16H22N2O2/c1-9-6-10-7-11(8-18(4)5)20-14(10)12-13(9)17-15(19)16(12,2)3/h6,11H,7-8H2,1-5H3,(H,17,19). The van der Waals surface area contributed by atoms with Crippen molar-refractivity contribution in [3.63, 3.8) is 0 Å². The van der Waals surface area contributed by atoms with E-state index in [1.807, 2.05) is 13.8 Å². The molecule has 2 aliphatic rings. The lowest BCUT2D eigenvalue weighted by Crippen LogP contribution is -2.30. The topological polar surface area (TPSA) is 41.6 Å². The highest BCUT2D eigenvalue weighted by Gasteiger charge is 2.44. The molecule has 0 bridgehead atoms. The van der Waals surface area contributed by atoms with Crippen molar-refractivity contribution in [2.24, 2.45) is 0 Å². The first kappa shape index (κ1) is 13.4. The van der Waals surface area contributed by atoms with Crippen LogP contribution in [0.1, 0.15) is 30.5 Å². The fourth-order valence-electron chi connectivity index (χ4n) is 3.26. The van der Waals surface area contributed by atoms with Gasteiger partial charge in [0.05, 0.1) is 11.1 Å². The Labute approximate surface area is 120 Å². The maximum absolute atomic E-state index is 12.2. The Kier molecular flexibility index (Phi) is 2.83. The van der Waals surface area contributed by atoms with Gasteiger partial charge in [0.25, 0.3) is 0 Å². The largest absolute Gasteiger partial charge is 0.488 e. The second-order valence-corrected chi connectivity index (χ2v) is 6.72. The molecular formula is C16H22N2O2. The summed E-state index contributed by atoms with van der Waals surface area (Å²) < 4.78 is 6.17. The summed E-state index contributed by atoms with van der Waals surface area (Å²) >= 11 is 0. The normalized spacial score (nSPS) is 22.5. The Morgan fingerprint density at radius 2 is 2.15 bits per heavy atom. The van der Waals surface area contributed by atoms with Gasteiger partial charge in [0.15, 0.2) is 0 Å². The number of anilines is 1. The van der Waals surface area contributed by atoms with E-state index >= 15 is 0 Å². The number of hydrogen-bond donors (Lipinski definition) is 1. The molecule has 108 valence electrons. The van der Waals surface area contributed by atoms with E-state index in [1.165, 1.54) is 5.56 Å². The summed E-state index contributed by atoms with van der Waals surface area (Å²) in [5, 5.41) is 3.01. The number of fused-ring (bicyclic) bond motifs is 3. The van der Waals surface area contributed by atoms with Crippen LogP contribution < -0.4 is 10.1 Å². The number of rotatable bonds is 2. The van der Waals surface area contributed by atoms with Crippen LogP contribution >= 0.6 is 0 Å².